The molecular weight excluding hydrogens is 290 g/mol. The fourth-order valence-electron chi connectivity index (χ4n) is 2.55. The molecule has 2 N–H and O–H groups in total. The van der Waals surface area contributed by atoms with Crippen molar-refractivity contribution in [1.29, 1.82) is 0 Å². The molecule has 2 atom stereocenters. The summed E-state index contributed by atoms with van der Waals surface area (Å²) in [5.41, 5.74) is 2.02. The van der Waals surface area contributed by atoms with Gasteiger partial charge in [0.05, 0.1) is 6.20 Å². The van der Waals surface area contributed by atoms with Crippen LogP contribution in [-0.4, -0.2) is 39.6 Å². The van der Waals surface area contributed by atoms with Crippen LogP contribution in [0.4, 0.5) is 0 Å². The van der Waals surface area contributed by atoms with E-state index in [1.165, 1.54) is 0 Å². The Morgan fingerprint density at radius 1 is 1.52 bits per heavy atom. The Hall–Kier alpha value is -1.66. The number of piperidine rings is 1. The van der Waals surface area contributed by atoms with E-state index in [2.05, 4.69) is 27.6 Å². The summed E-state index contributed by atoms with van der Waals surface area (Å²) in [7, 11) is 0. The highest BCUT2D eigenvalue weighted by Gasteiger charge is 2.24. The van der Waals surface area contributed by atoms with Crippen LogP contribution in [0, 0.1) is 12.8 Å². The number of nitrogens with zero attached hydrogens (tertiary/aromatic N) is 3. The van der Waals surface area contributed by atoms with Gasteiger partial charge in [0, 0.05) is 24.5 Å². The maximum Gasteiger partial charge on any atom is 0.257 e. The molecule has 0 aliphatic carbocycles. The Kier molecular flexibility index (Phi) is 4.80. The molecule has 6 nitrogen and oxygen atoms in total. The Labute approximate surface area is 129 Å². The number of carbonyl (C=O) groups is 1. The molecule has 2 aromatic heterocycles. The molecule has 0 radical (unpaired) electrons. The number of hydrogen-bond donors (Lipinski definition) is 2. The Balaban J connectivity index is 0.00000161. The van der Waals surface area contributed by atoms with Crippen LogP contribution in [0.1, 0.15) is 29.4 Å². The van der Waals surface area contributed by atoms with Crippen LogP contribution in [0.15, 0.2) is 18.5 Å². The van der Waals surface area contributed by atoms with Crippen molar-refractivity contribution in [1.82, 2.24) is 25.2 Å². The first-order chi connectivity index (χ1) is 9.65. The zero-order chi connectivity index (χ0) is 14.1. The predicted molar refractivity (Wildman–Crippen MR) is 82.9 cm³/mol. The van der Waals surface area contributed by atoms with E-state index >= 15 is 0 Å². The van der Waals surface area contributed by atoms with Crippen molar-refractivity contribution in [3.8, 4) is 0 Å². The monoisotopic (exact) mass is 309 g/mol. The van der Waals surface area contributed by atoms with Crippen molar-refractivity contribution in [2.24, 2.45) is 5.92 Å². The molecule has 1 saturated heterocycles. The zero-order valence-electron chi connectivity index (χ0n) is 12.2. The second-order valence-corrected chi connectivity index (χ2v) is 5.45. The Morgan fingerprint density at radius 2 is 2.33 bits per heavy atom. The summed E-state index contributed by atoms with van der Waals surface area (Å²) in [5, 5.41) is 10.6. The van der Waals surface area contributed by atoms with Gasteiger partial charge in [0.25, 0.3) is 5.91 Å². The number of fused-ring (bicyclic) bond motifs is 1. The van der Waals surface area contributed by atoms with Gasteiger partial charge in [0.2, 0.25) is 0 Å². The molecule has 3 heterocycles. The third kappa shape index (κ3) is 3.16. The molecule has 1 fully saturated rings. The molecule has 2 unspecified atom stereocenters. The first kappa shape index (κ1) is 15.7. The highest BCUT2D eigenvalue weighted by atomic mass is 35.5. The maximum atomic E-state index is 12.4. The second kappa shape index (κ2) is 6.41. The molecule has 7 heteroatoms. The minimum Gasteiger partial charge on any atom is -0.348 e. The van der Waals surface area contributed by atoms with Gasteiger partial charge < -0.3 is 10.6 Å². The van der Waals surface area contributed by atoms with Crippen LogP contribution in [0.5, 0.6) is 0 Å². The molecule has 114 valence electrons. The third-order valence-electron chi connectivity index (χ3n) is 3.90. The number of nitrogens with one attached hydrogen (secondary N) is 2. The molecule has 2 aromatic rings. The average Bonchev–Trinajstić information content (AvgIpc) is 2.84. The predicted octanol–water partition coefficient (Wildman–Crippen LogP) is 1.19. The van der Waals surface area contributed by atoms with Crippen LogP contribution in [0.3, 0.4) is 0 Å². The molecule has 0 saturated carbocycles. The SMILES string of the molecule is Cc1ccn2ncc(C(=O)NC3CNCCC3C)c2n1.Cl. The van der Waals surface area contributed by atoms with Crippen molar-refractivity contribution < 1.29 is 4.79 Å². The van der Waals surface area contributed by atoms with Gasteiger partial charge in [0.1, 0.15) is 5.56 Å². The minimum atomic E-state index is -0.0985. The maximum absolute atomic E-state index is 12.4. The molecule has 1 amide bonds. The quantitative estimate of drug-likeness (QED) is 0.874. The van der Waals surface area contributed by atoms with Gasteiger partial charge in [-0.2, -0.15) is 5.10 Å². The number of amides is 1. The first-order valence-electron chi connectivity index (χ1n) is 6.97. The van der Waals surface area contributed by atoms with E-state index in [4.69, 9.17) is 0 Å². The summed E-state index contributed by atoms with van der Waals surface area (Å²) in [6.07, 6.45) is 4.48. The van der Waals surface area contributed by atoms with Crippen LogP contribution < -0.4 is 10.6 Å². The Bertz CT molecular complexity index is 641. The smallest absolute Gasteiger partial charge is 0.257 e. The molecular formula is C14H20ClN5O. The lowest BCUT2D eigenvalue weighted by Crippen LogP contribution is -2.50. The van der Waals surface area contributed by atoms with Gasteiger partial charge in [-0.05, 0) is 31.9 Å². The van der Waals surface area contributed by atoms with Gasteiger partial charge in [-0.25, -0.2) is 9.50 Å². The summed E-state index contributed by atoms with van der Waals surface area (Å²) in [6.45, 7) is 5.91. The molecule has 1 aliphatic heterocycles. The third-order valence-corrected chi connectivity index (χ3v) is 3.90. The number of aryl methyl sites for hydroxylation is 1. The van der Waals surface area contributed by atoms with Crippen LogP contribution >= 0.6 is 12.4 Å². The molecule has 21 heavy (non-hydrogen) atoms. The minimum absolute atomic E-state index is 0. The fourth-order valence-corrected chi connectivity index (χ4v) is 2.55. The number of aromatic nitrogens is 3. The standard InChI is InChI=1S/C14H19N5O.ClH/c1-9-3-5-15-8-12(9)18-14(20)11-7-16-19-6-4-10(2)17-13(11)19;/h4,6-7,9,12,15H,3,5,8H2,1-2H3,(H,18,20);1H. The van der Waals surface area contributed by atoms with E-state index in [1.54, 1.807) is 10.7 Å². The lowest BCUT2D eigenvalue weighted by molar-refractivity contribution is 0.0916. The van der Waals surface area contributed by atoms with E-state index in [1.807, 2.05) is 19.2 Å². The van der Waals surface area contributed by atoms with E-state index < -0.39 is 0 Å². The summed E-state index contributed by atoms with van der Waals surface area (Å²) < 4.78 is 1.63. The lowest BCUT2D eigenvalue weighted by atomic mass is 9.94. The van der Waals surface area contributed by atoms with Crippen LogP contribution in [-0.2, 0) is 0 Å². The summed E-state index contributed by atoms with van der Waals surface area (Å²) in [4.78, 5) is 16.8. The molecule has 1 aliphatic rings. The summed E-state index contributed by atoms with van der Waals surface area (Å²) in [6, 6.07) is 2.03. The highest BCUT2D eigenvalue weighted by molar-refractivity contribution is 5.99. The lowest BCUT2D eigenvalue weighted by Gasteiger charge is -2.30. The van der Waals surface area contributed by atoms with Crippen molar-refractivity contribution >= 4 is 24.0 Å². The number of rotatable bonds is 2. The van der Waals surface area contributed by atoms with Gasteiger partial charge >= 0.3 is 0 Å². The van der Waals surface area contributed by atoms with E-state index in [0.717, 1.165) is 25.2 Å². The van der Waals surface area contributed by atoms with Gasteiger partial charge in [0.15, 0.2) is 5.65 Å². The molecule has 3 rings (SSSR count). The summed E-state index contributed by atoms with van der Waals surface area (Å²) >= 11 is 0. The van der Waals surface area contributed by atoms with E-state index in [0.29, 0.717) is 17.1 Å². The normalized spacial score (nSPS) is 21.8. The van der Waals surface area contributed by atoms with Gasteiger partial charge in [-0.1, -0.05) is 6.92 Å². The number of halogens is 1. The highest BCUT2D eigenvalue weighted by Crippen LogP contribution is 2.13. The van der Waals surface area contributed by atoms with Crippen LogP contribution in [0.25, 0.3) is 5.65 Å². The average molecular weight is 310 g/mol. The fraction of sp³-hybridized carbons (Fsp3) is 0.500. The largest absolute Gasteiger partial charge is 0.348 e. The van der Waals surface area contributed by atoms with E-state index in [9.17, 15) is 4.79 Å². The van der Waals surface area contributed by atoms with Gasteiger partial charge in [-0.15, -0.1) is 12.4 Å². The van der Waals surface area contributed by atoms with Crippen molar-refractivity contribution in [3.63, 3.8) is 0 Å². The molecule has 0 bridgehead atoms. The molecule has 0 aromatic carbocycles. The van der Waals surface area contributed by atoms with Crippen molar-refractivity contribution in [3.05, 3.63) is 29.7 Å². The second-order valence-electron chi connectivity index (χ2n) is 5.45. The number of carbonyl (C=O) groups excluding carboxylic acids is 1. The van der Waals surface area contributed by atoms with Gasteiger partial charge in [-0.3, -0.25) is 4.79 Å². The number of hydrogen-bond acceptors (Lipinski definition) is 4. The van der Waals surface area contributed by atoms with Crippen molar-refractivity contribution in [2.45, 2.75) is 26.3 Å². The van der Waals surface area contributed by atoms with E-state index in [-0.39, 0.29) is 24.4 Å². The van der Waals surface area contributed by atoms with Crippen molar-refractivity contribution in [2.75, 3.05) is 13.1 Å². The Morgan fingerprint density at radius 3 is 3.10 bits per heavy atom. The zero-order valence-corrected chi connectivity index (χ0v) is 13.0. The molecule has 0 spiro atoms. The first-order valence-corrected chi connectivity index (χ1v) is 6.97. The summed E-state index contributed by atoms with van der Waals surface area (Å²) in [5.74, 6) is 0.385. The van der Waals surface area contributed by atoms with Crippen LogP contribution in [0.2, 0.25) is 0 Å². The topological polar surface area (TPSA) is 71.3 Å².